The third-order valence-corrected chi connectivity index (χ3v) is 2.58. The first kappa shape index (κ1) is 15.7. The molecule has 1 aromatic carbocycles. The summed E-state index contributed by atoms with van der Waals surface area (Å²) in [6, 6.07) is 3.33. The summed E-state index contributed by atoms with van der Waals surface area (Å²) in [5, 5.41) is 18.3. The molecule has 0 spiro atoms. The van der Waals surface area contributed by atoms with E-state index in [1.54, 1.807) is 0 Å². The maximum atomic E-state index is 10.5. The summed E-state index contributed by atoms with van der Waals surface area (Å²) in [4.78, 5) is 0. The Morgan fingerprint density at radius 3 is 2.44 bits per heavy atom. The van der Waals surface area contributed by atoms with Gasteiger partial charge in [-0.25, -0.2) is 8.42 Å². The second-order valence-electron chi connectivity index (χ2n) is 2.78. The van der Waals surface area contributed by atoms with Crippen LogP contribution in [0.4, 0.5) is 0 Å². The zero-order valence-corrected chi connectivity index (χ0v) is 11.6. The predicted molar refractivity (Wildman–Crippen MR) is 49.3 cm³/mol. The van der Waals surface area contributed by atoms with Crippen LogP contribution in [0.25, 0.3) is 0 Å². The van der Waals surface area contributed by atoms with Gasteiger partial charge >= 0.3 is 29.6 Å². The summed E-state index contributed by atoms with van der Waals surface area (Å²) in [6.45, 7) is 0. The fraction of sp³-hybridized carbons (Fsp3) is 0.250. The molecule has 0 radical (unpaired) electrons. The minimum atomic E-state index is -4.83. The van der Waals surface area contributed by atoms with Crippen LogP contribution in [-0.2, 0) is 10.1 Å². The van der Waals surface area contributed by atoms with Crippen molar-refractivity contribution in [3.63, 3.8) is 0 Å². The number of ether oxygens (including phenoxy) is 1. The van der Waals surface area contributed by atoms with Crippen LogP contribution in [0, 0.1) is 0 Å². The average molecular weight is 256 g/mol. The summed E-state index contributed by atoms with van der Waals surface area (Å²) in [6.07, 6.45) is 0. The van der Waals surface area contributed by atoms with Crippen molar-refractivity contribution in [1.29, 1.82) is 0 Å². The molecule has 8 heteroatoms. The Hall–Kier alpha value is -0.310. The molecule has 0 amide bonds. The van der Waals surface area contributed by atoms with Crippen molar-refractivity contribution in [3.8, 4) is 11.5 Å². The van der Waals surface area contributed by atoms with E-state index in [4.69, 9.17) is 9.84 Å². The SMILES string of the molecule is COc1cc(C(O)S(=O)(=O)[O-])ccc1O.[Na+]. The standard InChI is InChI=1S/C8H10O6S.Na/c1-14-7-4-5(2-3-6(7)9)8(10)15(11,12)13;/h2-4,8-10H,1H3,(H,11,12,13);/q;+1/p-1. The molecule has 0 aliphatic carbocycles. The molecule has 6 nitrogen and oxygen atoms in total. The third kappa shape index (κ3) is 3.62. The summed E-state index contributed by atoms with van der Waals surface area (Å²) in [5.74, 6) is -0.230. The quantitative estimate of drug-likeness (QED) is 0.439. The molecule has 84 valence electrons. The van der Waals surface area contributed by atoms with E-state index >= 15 is 0 Å². The molecule has 0 saturated heterocycles. The van der Waals surface area contributed by atoms with Crippen LogP contribution in [-0.4, -0.2) is 30.3 Å². The van der Waals surface area contributed by atoms with Gasteiger partial charge in [-0.3, -0.25) is 0 Å². The van der Waals surface area contributed by atoms with Gasteiger partial charge in [-0.2, -0.15) is 0 Å². The molecule has 1 aromatic rings. The Morgan fingerprint density at radius 2 is 2.00 bits per heavy atom. The molecule has 0 saturated carbocycles. The van der Waals surface area contributed by atoms with Crippen molar-refractivity contribution >= 4 is 10.1 Å². The summed E-state index contributed by atoms with van der Waals surface area (Å²) < 4.78 is 36.2. The average Bonchev–Trinajstić information content (AvgIpc) is 2.16. The van der Waals surface area contributed by atoms with E-state index in [1.165, 1.54) is 7.11 Å². The fourth-order valence-electron chi connectivity index (χ4n) is 1.01. The fourth-order valence-corrected chi connectivity index (χ4v) is 1.49. The molecule has 16 heavy (non-hydrogen) atoms. The molecular formula is C8H9NaO6S. The zero-order valence-electron chi connectivity index (χ0n) is 8.75. The van der Waals surface area contributed by atoms with E-state index in [9.17, 15) is 18.1 Å². The Morgan fingerprint density at radius 1 is 1.44 bits per heavy atom. The van der Waals surface area contributed by atoms with E-state index in [1.807, 2.05) is 0 Å². The van der Waals surface area contributed by atoms with Gasteiger partial charge in [0.25, 0.3) is 0 Å². The van der Waals surface area contributed by atoms with Gasteiger partial charge in [0.15, 0.2) is 16.9 Å². The van der Waals surface area contributed by atoms with Gasteiger partial charge in [0, 0.05) is 0 Å². The number of phenolic OH excluding ortho intramolecular Hbond substituents is 1. The molecule has 0 fully saturated rings. The first-order valence-corrected chi connectivity index (χ1v) is 5.33. The zero-order chi connectivity index (χ0) is 11.6. The second-order valence-corrected chi connectivity index (χ2v) is 4.21. The largest absolute Gasteiger partial charge is 1.00 e. The van der Waals surface area contributed by atoms with E-state index in [2.05, 4.69) is 0 Å². The Labute approximate surface area is 115 Å². The first-order valence-electron chi connectivity index (χ1n) is 3.86. The molecule has 0 aromatic heterocycles. The van der Waals surface area contributed by atoms with Gasteiger partial charge < -0.3 is 19.5 Å². The van der Waals surface area contributed by atoms with Crippen molar-refractivity contribution in [2.24, 2.45) is 0 Å². The monoisotopic (exact) mass is 256 g/mol. The molecule has 1 rings (SSSR count). The van der Waals surface area contributed by atoms with Gasteiger partial charge in [-0.15, -0.1) is 0 Å². The van der Waals surface area contributed by atoms with Crippen molar-refractivity contribution in [3.05, 3.63) is 23.8 Å². The number of phenols is 1. The van der Waals surface area contributed by atoms with Gasteiger partial charge in [-0.05, 0) is 17.7 Å². The number of aliphatic hydroxyl groups is 1. The number of aliphatic hydroxyl groups excluding tert-OH is 1. The molecule has 1 unspecified atom stereocenters. The smallest absolute Gasteiger partial charge is 0.746 e. The van der Waals surface area contributed by atoms with Gasteiger partial charge in [0.05, 0.1) is 7.11 Å². The maximum Gasteiger partial charge on any atom is 1.00 e. The van der Waals surface area contributed by atoms with Gasteiger partial charge in [-0.1, -0.05) is 6.07 Å². The second kappa shape index (κ2) is 5.85. The van der Waals surface area contributed by atoms with Gasteiger partial charge in [0.2, 0.25) is 0 Å². The Bertz CT molecular complexity index is 458. The van der Waals surface area contributed by atoms with Crippen LogP contribution < -0.4 is 34.3 Å². The van der Waals surface area contributed by atoms with Crippen LogP contribution in [0.2, 0.25) is 0 Å². The Balaban J connectivity index is 0.00000225. The normalized spacial score (nSPS) is 12.7. The number of methoxy groups -OCH3 is 1. The third-order valence-electron chi connectivity index (χ3n) is 1.76. The topological polar surface area (TPSA) is 107 Å². The molecule has 2 N–H and O–H groups in total. The minimum Gasteiger partial charge on any atom is -0.746 e. The first-order chi connectivity index (χ1) is 6.86. The van der Waals surface area contributed by atoms with Crippen LogP contribution in [0.15, 0.2) is 18.2 Å². The van der Waals surface area contributed by atoms with Crippen molar-refractivity contribution in [2.75, 3.05) is 7.11 Å². The van der Waals surface area contributed by atoms with E-state index in [-0.39, 0.29) is 46.6 Å². The molecular weight excluding hydrogens is 247 g/mol. The van der Waals surface area contributed by atoms with Crippen LogP contribution in [0.1, 0.15) is 11.0 Å². The number of hydrogen-bond acceptors (Lipinski definition) is 6. The van der Waals surface area contributed by atoms with Crippen molar-refractivity contribution in [1.82, 2.24) is 0 Å². The molecule has 0 bridgehead atoms. The van der Waals surface area contributed by atoms with E-state index < -0.39 is 15.6 Å². The molecule has 1 atom stereocenters. The Kier molecular flexibility index (Phi) is 5.74. The molecule has 0 aliphatic heterocycles. The summed E-state index contributed by atoms with van der Waals surface area (Å²) in [5.41, 5.74) is -2.31. The summed E-state index contributed by atoms with van der Waals surface area (Å²) in [7, 11) is -3.56. The van der Waals surface area contributed by atoms with Crippen molar-refractivity contribution < 1.29 is 57.5 Å². The number of hydrogen-bond donors (Lipinski definition) is 2. The number of rotatable bonds is 3. The van der Waals surface area contributed by atoms with E-state index in [0.717, 1.165) is 18.2 Å². The minimum absolute atomic E-state index is 0. The maximum absolute atomic E-state index is 10.5. The number of benzene rings is 1. The van der Waals surface area contributed by atoms with E-state index in [0.29, 0.717) is 0 Å². The summed E-state index contributed by atoms with van der Waals surface area (Å²) >= 11 is 0. The van der Waals surface area contributed by atoms with Crippen LogP contribution >= 0.6 is 0 Å². The molecule has 0 heterocycles. The van der Waals surface area contributed by atoms with Crippen molar-refractivity contribution in [2.45, 2.75) is 5.44 Å². The number of aromatic hydroxyl groups is 1. The van der Waals surface area contributed by atoms with Gasteiger partial charge in [0.1, 0.15) is 10.1 Å². The predicted octanol–water partition coefficient (Wildman–Crippen LogP) is -3.06. The van der Waals surface area contributed by atoms with Crippen LogP contribution in [0.3, 0.4) is 0 Å². The van der Waals surface area contributed by atoms with Crippen LogP contribution in [0.5, 0.6) is 11.5 Å². The molecule has 0 aliphatic rings.